The van der Waals surface area contributed by atoms with E-state index in [-0.39, 0.29) is 5.91 Å². The van der Waals surface area contributed by atoms with Gasteiger partial charge in [-0.2, -0.15) is 0 Å². The number of hydrogen-bond donors (Lipinski definition) is 2. The second kappa shape index (κ2) is 6.15. The highest BCUT2D eigenvalue weighted by Gasteiger charge is 2.35. The molecule has 1 aliphatic heterocycles. The van der Waals surface area contributed by atoms with E-state index >= 15 is 0 Å². The Bertz CT molecular complexity index is 560. The van der Waals surface area contributed by atoms with Gasteiger partial charge in [0.05, 0.1) is 18.2 Å². The molecule has 6 heteroatoms. The van der Waals surface area contributed by atoms with Crippen molar-refractivity contribution in [2.75, 3.05) is 19.0 Å². The second-order valence-electron chi connectivity index (χ2n) is 5.65. The number of piperidine rings is 1. The van der Waals surface area contributed by atoms with Crippen LogP contribution in [-0.4, -0.2) is 31.1 Å². The summed E-state index contributed by atoms with van der Waals surface area (Å²) in [6, 6.07) is 0. The lowest BCUT2D eigenvalue weighted by atomic mass is 9.90. The molecule has 0 saturated carbocycles. The average molecular weight is 310 g/mol. The molecule has 2 N–H and O–H groups in total. The van der Waals surface area contributed by atoms with E-state index in [1.54, 1.807) is 0 Å². The van der Waals surface area contributed by atoms with Crippen LogP contribution in [0.3, 0.4) is 0 Å². The molecule has 2 heterocycles. The molecule has 0 spiro atoms. The highest BCUT2D eigenvalue weighted by molar-refractivity contribution is 7.16. The topological polar surface area (TPSA) is 67.4 Å². The number of methoxy groups -OCH3 is 1. The third-order valence-electron chi connectivity index (χ3n) is 4.12. The van der Waals surface area contributed by atoms with Crippen molar-refractivity contribution in [1.29, 1.82) is 0 Å². The minimum Gasteiger partial charge on any atom is -0.465 e. The lowest BCUT2D eigenvalue weighted by Crippen LogP contribution is -2.54. The molecule has 1 amide bonds. The fourth-order valence-corrected chi connectivity index (χ4v) is 3.60. The summed E-state index contributed by atoms with van der Waals surface area (Å²) >= 11 is 1.42. The predicted molar refractivity (Wildman–Crippen MR) is 84.0 cm³/mol. The van der Waals surface area contributed by atoms with Crippen LogP contribution in [0, 0.1) is 13.8 Å². The molecule has 5 nitrogen and oxygen atoms in total. The summed E-state index contributed by atoms with van der Waals surface area (Å²) in [6.45, 7) is 6.56. The highest BCUT2D eigenvalue weighted by atomic mass is 32.1. The first-order chi connectivity index (χ1) is 9.89. The van der Waals surface area contributed by atoms with E-state index in [4.69, 9.17) is 4.74 Å². The lowest BCUT2D eigenvalue weighted by Gasteiger charge is -2.33. The van der Waals surface area contributed by atoms with E-state index in [0.717, 1.165) is 36.2 Å². The maximum absolute atomic E-state index is 12.6. The van der Waals surface area contributed by atoms with E-state index in [1.165, 1.54) is 18.4 Å². The van der Waals surface area contributed by atoms with Crippen LogP contribution in [-0.2, 0) is 9.53 Å². The van der Waals surface area contributed by atoms with Crippen molar-refractivity contribution in [3.8, 4) is 0 Å². The molecule has 1 atom stereocenters. The van der Waals surface area contributed by atoms with Crippen LogP contribution in [0.25, 0.3) is 0 Å². The van der Waals surface area contributed by atoms with Crippen molar-refractivity contribution < 1.29 is 14.3 Å². The van der Waals surface area contributed by atoms with Gasteiger partial charge in [-0.25, -0.2) is 4.79 Å². The van der Waals surface area contributed by atoms with Crippen LogP contribution >= 0.6 is 11.3 Å². The van der Waals surface area contributed by atoms with Crippen LogP contribution in [0.2, 0.25) is 0 Å². The number of hydrogen-bond acceptors (Lipinski definition) is 5. The average Bonchev–Trinajstić information content (AvgIpc) is 2.74. The number of ether oxygens (including phenoxy) is 1. The number of carbonyl (C=O) groups excluding carboxylic acids is 2. The summed E-state index contributed by atoms with van der Waals surface area (Å²) in [6.07, 6.45) is 2.92. The number of anilines is 1. The summed E-state index contributed by atoms with van der Waals surface area (Å²) in [7, 11) is 1.35. The molecule has 116 valence electrons. The quantitative estimate of drug-likeness (QED) is 0.842. The van der Waals surface area contributed by atoms with Gasteiger partial charge in [-0.1, -0.05) is 0 Å². The van der Waals surface area contributed by atoms with Crippen molar-refractivity contribution in [3.63, 3.8) is 0 Å². The minimum absolute atomic E-state index is 0.0893. The SMILES string of the molecule is COC(=O)c1c(NC(=O)C2(C)CCCCN2)sc(C)c1C. The maximum Gasteiger partial charge on any atom is 0.341 e. The standard InChI is InChI=1S/C15H22N2O3S/c1-9-10(2)21-12(11(9)13(18)20-4)17-14(19)15(3)7-5-6-8-16-15/h16H,5-8H2,1-4H3,(H,17,19). The molecule has 2 rings (SSSR count). The van der Waals surface area contributed by atoms with E-state index in [9.17, 15) is 9.59 Å². The fraction of sp³-hybridized carbons (Fsp3) is 0.600. The molecule has 0 aromatic carbocycles. The maximum atomic E-state index is 12.6. The number of amides is 1. The molecule has 0 bridgehead atoms. The molecule has 1 aromatic heterocycles. The van der Waals surface area contributed by atoms with Gasteiger partial charge >= 0.3 is 5.97 Å². The molecule has 1 aliphatic rings. The Balaban J connectivity index is 2.25. The van der Waals surface area contributed by atoms with Crippen LogP contribution in [0.5, 0.6) is 0 Å². The number of nitrogens with one attached hydrogen (secondary N) is 2. The van der Waals surface area contributed by atoms with Crippen LogP contribution in [0.4, 0.5) is 5.00 Å². The van der Waals surface area contributed by atoms with Crippen LogP contribution in [0.1, 0.15) is 47.0 Å². The van der Waals surface area contributed by atoms with E-state index < -0.39 is 11.5 Å². The summed E-state index contributed by atoms with van der Waals surface area (Å²) < 4.78 is 4.82. The first-order valence-corrected chi connectivity index (χ1v) is 7.95. The molecule has 1 fully saturated rings. The monoisotopic (exact) mass is 310 g/mol. The van der Waals surface area contributed by atoms with Gasteiger partial charge in [0, 0.05) is 4.88 Å². The number of esters is 1. The number of carbonyl (C=O) groups is 2. The van der Waals surface area contributed by atoms with Gasteiger partial charge in [-0.3, -0.25) is 4.79 Å². The summed E-state index contributed by atoms with van der Waals surface area (Å²) in [4.78, 5) is 25.5. The van der Waals surface area contributed by atoms with E-state index in [0.29, 0.717) is 10.6 Å². The Labute approximate surface area is 129 Å². The van der Waals surface area contributed by atoms with Crippen LogP contribution < -0.4 is 10.6 Å². The normalized spacial score (nSPS) is 21.9. The zero-order valence-corrected chi connectivity index (χ0v) is 13.8. The second-order valence-corrected chi connectivity index (χ2v) is 6.87. The van der Waals surface area contributed by atoms with Crippen molar-refractivity contribution in [2.24, 2.45) is 0 Å². The first kappa shape index (κ1) is 16.0. The first-order valence-electron chi connectivity index (χ1n) is 7.14. The Kier molecular flexibility index (Phi) is 4.68. The number of aryl methyl sites for hydroxylation is 1. The predicted octanol–water partition coefficient (Wildman–Crippen LogP) is 2.62. The Hall–Kier alpha value is -1.40. The molecular formula is C15H22N2O3S. The van der Waals surface area contributed by atoms with Gasteiger partial charge in [0.25, 0.3) is 0 Å². The third-order valence-corrected chi connectivity index (χ3v) is 5.24. The van der Waals surface area contributed by atoms with Gasteiger partial charge < -0.3 is 15.4 Å². The molecule has 0 aliphatic carbocycles. The lowest BCUT2D eigenvalue weighted by molar-refractivity contribution is -0.122. The van der Waals surface area contributed by atoms with Crippen LogP contribution in [0.15, 0.2) is 0 Å². The minimum atomic E-state index is -0.572. The third kappa shape index (κ3) is 3.11. The molecule has 0 radical (unpaired) electrons. The van der Waals surface area contributed by atoms with E-state index in [2.05, 4.69) is 10.6 Å². The molecule has 1 unspecified atom stereocenters. The Morgan fingerprint density at radius 3 is 2.62 bits per heavy atom. The number of rotatable bonds is 3. The molecule has 1 aromatic rings. The van der Waals surface area contributed by atoms with Crippen molar-refractivity contribution >= 4 is 28.2 Å². The van der Waals surface area contributed by atoms with Gasteiger partial charge in [0.2, 0.25) is 5.91 Å². The van der Waals surface area contributed by atoms with Gasteiger partial charge in [-0.05, 0) is 52.1 Å². The zero-order valence-electron chi connectivity index (χ0n) is 13.0. The van der Waals surface area contributed by atoms with Gasteiger partial charge in [0.15, 0.2) is 0 Å². The molecule has 1 saturated heterocycles. The van der Waals surface area contributed by atoms with E-state index in [1.807, 2.05) is 20.8 Å². The summed E-state index contributed by atoms with van der Waals surface area (Å²) in [5.41, 5.74) is 0.758. The Morgan fingerprint density at radius 1 is 1.33 bits per heavy atom. The van der Waals surface area contributed by atoms with Gasteiger partial charge in [-0.15, -0.1) is 11.3 Å². The summed E-state index contributed by atoms with van der Waals surface area (Å²) in [5.74, 6) is -0.498. The largest absolute Gasteiger partial charge is 0.465 e. The molecular weight excluding hydrogens is 288 g/mol. The van der Waals surface area contributed by atoms with Crippen molar-refractivity contribution in [2.45, 2.75) is 45.6 Å². The number of thiophene rings is 1. The van der Waals surface area contributed by atoms with Crippen molar-refractivity contribution in [3.05, 3.63) is 16.0 Å². The van der Waals surface area contributed by atoms with Crippen molar-refractivity contribution in [1.82, 2.24) is 5.32 Å². The highest BCUT2D eigenvalue weighted by Crippen LogP contribution is 2.34. The zero-order chi connectivity index (χ0) is 15.6. The smallest absolute Gasteiger partial charge is 0.341 e. The fourth-order valence-electron chi connectivity index (χ4n) is 2.55. The Morgan fingerprint density at radius 2 is 2.05 bits per heavy atom. The van der Waals surface area contributed by atoms with Gasteiger partial charge in [0.1, 0.15) is 5.00 Å². The summed E-state index contributed by atoms with van der Waals surface area (Å²) in [5, 5.41) is 6.77. The molecule has 21 heavy (non-hydrogen) atoms.